The molecule has 7 nitrogen and oxygen atoms in total. The number of carbonyl (C=O) groups excluding carboxylic acids is 1. The largest absolute Gasteiger partial charge is 0.467 e. The predicted octanol–water partition coefficient (Wildman–Crippen LogP) is -3.04. The van der Waals surface area contributed by atoms with Gasteiger partial charge < -0.3 is 29.9 Å². The summed E-state index contributed by atoms with van der Waals surface area (Å²) in [6.07, 6.45) is -8.14. The van der Waals surface area contributed by atoms with Gasteiger partial charge >= 0.3 is 5.97 Å². The molecule has 0 radical (unpaired) electrons. The van der Waals surface area contributed by atoms with Crippen LogP contribution in [-0.4, -0.2) is 64.2 Å². The highest BCUT2D eigenvalue weighted by atomic mass is 16.7. The van der Waals surface area contributed by atoms with Gasteiger partial charge in [-0.15, -0.1) is 0 Å². The van der Waals surface area contributed by atoms with Crippen molar-refractivity contribution in [3.63, 3.8) is 0 Å². The molecule has 7 heteroatoms. The minimum absolute atomic E-state index is 0.928. The summed E-state index contributed by atoms with van der Waals surface area (Å²) in [6.45, 7) is 0. The lowest BCUT2D eigenvalue weighted by molar-refractivity contribution is -0.280. The Balaban J connectivity index is 2.75. The number of methoxy groups -OCH3 is 1. The molecule has 0 aromatic heterocycles. The Morgan fingerprint density at radius 2 is 1.71 bits per heavy atom. The van der Waals surface area contributed by atoms with Crippen LogP contribution in [0.25, 0.3) is 0 Å². The van der Waals surface area contributed by atoms with Crippen LogP contribution in [0.15, 0.2) is 0 Å². The molecule has 0 unspecified atom stereocenters. The predicted molar refractivity (Wildman–Crippen MR) is 40.9 cm³/mol. The van der Waals surface area contributed by atoms with Crippen LogP contribution in [0.2, 0.25) is 0 Å². The van der Waals surface area contributed by atoms with E-state index in [0.29, 0.717) is 0 Å². The van der Waals surface area contributed by atoms with Gasteiger partial charge in [-0.05, 0) is 0 Å². The molecule has 0 bridgehead atoms. The summed E-state index contributed by atoms with van der Waals surface area (Å²) in [5, 5.41) is 36.5. The highest BCUT2D eigenvalue weighted by Gasteiger charge is 2.46. The number of hydrogen-bond donors (Lipinski definition) is 4. The fraction of sp³-hybridized carbons (Fsp3) is 0.857. The molecular weight excluding hydrogens is 196 g/mol. The Labute approximate surface area is 79.5 Å². The molecule has 0 aromatic carbocycles. The fourth-order valence-electron chi connectivity index (χ4n) is 1.17. The van der Waals surface area contributed by atoms with Crippen molar-refractivity contribution >= 4 is 5.97 Å². The molecule has 0 spiro atoms. The zero-order chi connectivity index (χ0) is 10.9. The summed E-state index contributed by atoms with van der Waals surface area (Å²) in [4.78, 5) is 11.0. The molecule has 1 aliphatic heterocycles. The summed E-state index contributed by atoms with van der Waals surface area (Å²) >= 11 is 0. The van der Waals surface area contributed by atoms with Gasteiger partial charge in [0.2, 0.25) is 0 Å². The van der Waals surface area contributed by atoms with Gasteiger partial charge in [-0.3, -0.25) is 0 Å². The van der Waals surface area contributed by atoms with E-state index < -0.39 is 36.7 Å². The molecule has 0 saturated carbocycles. The Hall–Kier alpha value is -0.730. The summed E-state index contributed by atoms with van der Waals surface area (Å²) in [6, 6.07) is 0. The van der Waals surface area contributed by atoms with E-state index in [4.69, 9.17) is 10.2 Å². The Morgan fingerprint density at radius 3 is 2.21 bits per heavy atom. The third-order valence-corrected chi connectivity index (χ3v) is 2.02. The van der Waals surface area contributed by atoms with Crippen molar-refractivity contribution in [3.8, 4) is 0 Å². The van der Waals surface area contributed by atoms with Crippen molar-refractivity contribution in [2.75, 3.05) is 7.11 Å². The molecule has 14 heavy (non-hydrogen) atoms. The van der Waals surface area contributed by atoms with E-state index in [2.05, 4.69) is 9.47 Å². The van der Waals surface area contributed by atoms with Gasteiger partial charge in [-0.1, -0.05) is 0 Å². The molecular formula is C7H12O7. The molecule has 82 valence electrons. The molecule has 1 heterocycles. The molecule has 0 aromatic rings. The number of rotatable bonds is 1. The van der Waals surface area contributed by atoms with Gasteiger partial charge in [0.05, 0.1) is 7.11 Å². The number of ether oxygens (including phenoxy) is 2. The average Bonchev–Trinajstić information content (AvgIpc) is 2.19. The highest BCUT2D eigenvalue weighted by Crippen LogP contribution is 2.20. The first-order valence-corrected chi connectivity index (χ1v) is 3.94. The maximum atomic E-state index is 11.0. The minimum atomic E-state index is -1.72. The number of esters is 1. The zero-order valence-electron chi connectivity index (χ0n) is 7.40. The number of carbonyl (C=O) groups is 1. The van der Waals surface area contributed by atoms with E-state index in [9.17, 15) is 15.0 Å². The van der Waals surface area contributed by atoms with Gasteiger partial charge in [-0.25, -0.2) is 4.79 Å². The van der Waals surface area contributed by atoms with Crippen LogP contribution in [-0.2, 0) is 14.3 Å². The van der Waals surface area contributed by atoms with Crippen LogP contribution in [0.5, 0.6) is 0 Å². The lowest BCUT2D eigenvalue weighted by Crippen LogP contribution is -2.59. The first-order valence-electron chi connectivity index (χ1n) is 3.94. The van der Waals surface area contributed by atoms with Crippen LogP contribution < -0.4 is 0 Å². The standard InChI is InChI=1S/C7H12O7/c1-13-7(12)5-3(9)2(8)4(10)6(11)14-5/h2-6,8-11H,1H3/t2-,3-,4+,5-,6+/m0/s1. The van der Waals surface area contributed by atoms with Crippen LogP contribution in [0, 0.1) is 0 Å². The summed E-state index contributed by atoms with van der Waals surface area (Å²) in [5.41, 5.74) is 0. The topological polar surface area (TPSA) is 116 Å². The van der Waals surface area contributed by atoms with Crippen molar-refractivity contribution in [2.45, 2.75) is 30.7 Å². The molecule has 5 atom stereocenters. The maximum absolute atomic E-state index is 11.0. The van der Waals surface area contributed by atoms with Gasteiger partial charge in [-0.2, -0.15) is 0 Å². The second-order valence-electron chi connectivity index (χ2n) is 2.94. The van der Waals surface area contributed by atoms with E-state index in [0.717, 1.165) is 7.11 Å². The van der Waals surface area contributed by atoms with Crippen molar-refractivity contribution in [3.05, 3.63) is 0 Å². The van der Waals surface area contributed by atoms with Crippen molar-refractivity contribution in [1.82, 2.24) is 0 Å². The van der Waals surface area contributed by atoms with Crippen molar-refractivity contribution in [2.24, 2.45) is 0 Å². The number of aliphatic hydroxyl groups is 4. The first kappa shape index (κ1) is 11.3. The molecule has 0 aliphatic carbocycles. The summed E-state index contributed by atoms with van der Waals surface area (Å²) in [5.74, 6) is -0.928. The minimum Gasteiger partial charge on any atom is -0.467 e. The molecule has 1 rings (SSSR count). The third-order valence-electron chi connectivity index (χ3n) is 2.02. The lowest BCUT2D eigenvalue weighted by atomic mass is 9.99. The van der Waals surface area contributed by atoms with E-state index >= 15 is 0 Å². The Bertz CT molecular complexity index is 218. The second-order valence-corrected chi connectivity index (χ2v) is 2.94. The first-order chi connectivity index (χ1) is 6.49. The van der Waals surface area contributed by atoms with Crippen molar-refractivity contribution < 1.29 is 34.7 Å². The molecule has 1 saturated heterocycles. The molecule has 1 aliphatic rings. The molecule has 4 N–H and O–H groups in total. The van der Waals surface area contributed by atoms with Crippen molar-refractivity contribution in [1.29, 1.82) is 0 Å². The normalized spacial score (nSPS) is 43.4. The summed E-state index contributed by atoms with van der Waals surface area (Å²) < 4.78 is 8.82. The van der Waals surface area contributed by atoms with E-state index in [1.807, 2.05) is 0 Å². The lowest BCUT2D eigenvalue weighted by Gasteiger charge is -2.36. The average molecular weight is 208 g/mol. The fourth-order valence-corrected chi connectivity index (χ4v) is 1.17. The maximum Gasteiger partial charge on any atom is 0.337 e. The second kappa shape index (κ2) is 4.20. The van der Waals surface area contributed by atoms with Gasteiger partial charge in [0.1, 0.15) is 18.3 Å². The quantitative estimate of drug-likeness (QED) is 0.338. The van der Waals surface area contributed by atoms with E-state index in [1.165, 1.54) is 0 Å². The number of aliphatic hydroxyl groups excluding tert-OH is 4. The van der Waals surface area contributed by atoms with Crippen LogP contribution in [0.1, 0.15) is 0 Å². The van der Waals surface area contributed by atoms with Crippen LogP contribution in [0.3, 0.4) is 0 Å². The Kier molecular flexibility index (Phi) is 3.40. The number of hydrogen-bond acceptors (Lipinski definition) is 7. The molecule has 0 amide bonds. The highest BCUT2D eigenvalue weighted by molar-refractivity contribution is 5.75. The Morgan fingerprint density at radius 1 is 1.14 bits per heavy atom. The summed E-state index contributed by atoms with van der Waals surface area (Å²) in [7, 11) is 1.07. The van der Waals surface area contributed by atoms with E-state index in [-0.39, 0.29) is 0 Å². The van der Waals surface area contributed by atoms with Gasteiger partial charge in [0.25, 0.3) is 0 Å². The van der Waals surface area contributed by atoms with Gasteiger partial charge in [0.15, 0.2) is 12.4 Å². The van der Waals surface area contributed by atoms with Gasteiger partial charge in [0, 0.05) is 0 Å². The SMILES string of the molecule is COC(=O)[C@H]1O[C@@H](O)[C@H](O)[C@@H](O)[C@@H]1O. The van der Waals surface area contributed by atoms with E-state index in [1.54, 1.807) is 0 Å². The van der Waals surface area contributed by atoms with Crippen LogP contribution >= 0.6 is 0 Å². The smallest absolute Gasteiger partial charge is 0.337 e. The zero-order valence-corrected chi connectivity index (χ0v) is 7.40. The molecule has 1 fully saturated rings. The van der Waals surface area contributed by atoms with Crippen LogP contribution in [0.4, 0.5) is 0 Å². The third kappa shape index (κ3) is 1.86. The monoisotopic (exact) mass is 208 g/mol.